The Morgan fingerprint density at radius 1 is 1.09 bits per heavy atom. The number of aryl methyl sites for hydroxylation is 2. The van der Waals surface area contributed by atoms with Gasteiger partial charge in [-0.05, 0) is 68.3 Å². The summed E-state index contributed by atoms with van der Waals surface area (Å²) < 4.78 is 9.01. The van der Waals surface area contributed by atoms with Crippen LogP contribution in [0.15, 0.2) is 90.6 Å². The Labute approximate surface area is 214 Å². The van der Waals surface area contributed by atoms with E-state index in [1.54, 1.807) is 11.5 Å². The fourth-order valence-corrected chi connectivity index (χ4v) is 5.41. The van der Waals surface area contributed by atoms with E-state index in [2.05, 4.69) is 26.2 Å². The van der Waals surface area contributed by atoms with Crippen molar-refractivity contribution >= 4 is 44.9 Å². The average molecular weight is 548 g/mol. The molecule has 4 aromatic rings. The minimum Gasteiger partial charge on any atom is -0.464 e. The second-order valence-corrected chi connectivity index (χ2v) is 10.3. The van der Waals surface area contributed by atoms with Crippen molar-refractivity contribution in [1.29, 1.82) is 0 Å². The van der Waals surface area contributed by atoms with Gasteiger partial charge in [-0.15, -0.1) is 0 Å². The third kappa shape index (κ3) is 4.47. The van der Waals surface area contributed by atoms with E-state index in [-0.39, 0.29) is 11.5 Å². The number of fused-ring (bicyclic) bond motifs is 1. The zero-order valence-electron chi connectivity index (χ0n) is 19.3. The van der Waals surface area contributed by atoms with Crippen molar-refractivity contribution in [2.45, 2.75) is 26.8 Å². The number of anilines is 1. The Bertz CT molecular complexity index is 1660. The number of aromatic nitrogens is 1. The monoisotopic (exact) mass is 547 g/mol. The van der Waals surface area contributed by atoms with Crippen LogP contribution < -0.4 is 20.2 Å². The fourth-order valence-electron chi connectivity index (χ4n) is 4.09. The Morgan fingerprint density at radius 2 is 1.83 bits per heavy atom. The molecule has 0 aliphatic carbocycles. The van der Waals surface area contributed by atoms with Crippen LogP contribution in [0.2, 0.25) is 0 Å². The lowest BCUT2D eigenvalue weighted by atomic mass is 10.00. The third-order valence-electron chi connectivity index (χ3n) is 5.86. The largest absolute Gasteiger partial charge is 0.464 e. The summed E-state index contributed by atoms with van der Waals surface area (Å²) >= 11 is 4.74. The van der Waals surface area contributed by atoms with Gasteiger partial charge in [0.25, 0.3) is 11.5 Å². The van der Waals surface area contributed by atoms with E-state index in [1.807, 2.05) is 80.6 Å². The molecule has 0 spiro atoms. The van der Waals surface area contributed by atoms with E-state index >= 15 is 0 Å². The number of halogens is 1. The lowest BCUT2D eigenvalue weighted by molar-refractivity contribution is -0.113. The van der Waals surface area contributed by atoms with Gasteiger partial charge in [0.2, 0.25) is 0 Å². The number of hydrogen-bond acceptors (Lipinski definition) is 5. The minimum atomic E-state index is -0.726. The van der Waals surface area contributed by atoms with E-state index in [0.717, 1.165) is 15.6 Å². The summed E-state index contributed by atoms with van der Waals surface area (Å²) in [6.45, 7) is 5.56. The van der Waals surface area contributed by atoms with E-state index in [4.69, 9.17) is 4.42 Å². The molecule has 176 valence electrons. The number of amides is 1. The summed E-state index contributed by atoms with van der Waals surface area (Å²) in [6.07, 6.45) is 1.84. The highest BCUT2D eigenvalue weighted by atomic mass is 79.9. The number of carbonyl (C=O) groups is 1. The predicted octanol–water partition coefficient (Wildman–Crippen LogP) is 4.85. The molecule has 0 bridgehead atoms. The molecule has 2 aromatic heterocycles. The molecule has 1 aliphatic rings. The Hall–Kier alpha value is -3.49. The van der Waals surface area contributed by atoms with Crippen LogP contribution in [0.3, 0.4) is 0 Å². The van der Waals surface area contributed by atoms with Crippen LogP contribution in [-0.4, -0.2) is 10.5 Å². The van der Waals surface area contributed by atoms with Gasteiger partial charge >= 0.3 is 0 Å². The molecule has 0 saturated carbocycles. The van der Waals surface area contributed by atoms with Gasteiger partial charge in [0, 0.05) is 10.2 Å². The van der Waals surface area contributed by atoms with Gasteiger partial charge in [0.15, 0.2) is 4.80 Å². The molecule has 2 aromatic carbocycles. The maximum absolute atomic E-state index is 13.6. The highest BCUT2D eigenvalue weighted by molar-refractivity contribution is 9.10. The molecule has 0 saturated heterocycles. The maximum atomic E-state index is 13.6. The molecule has 1 unspecified atom stereocenters. The molecule has 8 heteroatoms. The SMILES string of the molecule is CC1=C(C(=O)Nc2ccccc2C)C(c2ccc(C)o2)n2c(sc(=Cc3ccc(Br)cc3)c2=O)=N1. The molecular weight excluding hydrogens is 526 g/mol. The smallest absolute Gasteiger partial charge is 0.271 e. The van der Waals surface area contributed by atoms with Crippen LogP contribution in [0.1, 0.15) is 35.6 Å². The van der Waals surface area contributed by atoms with Crippen molar-refractivity contribution in [1.82, 2.24) is 4.57 Å². The van der Waals surface area contributed by atoms with E-state index in [1.165, 1.54) is 11.3 Å². The molecular formula is C27H22BrN3O3S. The van der Waals surface area contributed by atoms with Crippen LogP contribution in [0.25, 0.3) is 6.08 Å². The molecule has 1 N–H and O–H groups in total. The summed E-state index contributed by atoms with van der Waals surface area (Å²) in [5.41, 5.74) is 3.26. The minimum absolute atomic E-state index is 0.218. The van der Waals surface area contributed by atoms with Crippen molar-refractivity contribution in [3.63, 3.8) is 0 Å². The number of para-hydroxylation sites is 1. The predicted molar refractivity (Wildman–Crippen MR) is 141 cm³/mol. The Morgan fingerprint density at radius 3 is 2.51 bits per heavy atom. The first-order valence-corrected chi connectivity index (χ1v) is 12.6. The van der Waals surface area contributed by atoms with Crippen LogP contribution in [-0.2, 0) is 4.79 Å². The highest BCUT2D eigenvalue weighted by Crippen LogP contribution is 2.32. The molecule has 0 fully saturated rings. The molecule has 1 atom stereocenters. The van der Waals surface area contributed by atoms with Gasteiger partial charge in [-0.1, -0.05) is 57.6 Å². The normalized spacial score (nSPS) is 15.7. The summed E-state index contributed by atoms with van der Waals surface area (Å²) in [7, 11) is 0. The first-order valence-electron chi connectivity index (χ1n) is 11.0. The van der Waals surface area contributed by atoms with Gasteiger partial charge in [0.1, 0.15) is 17.6 Å². The summed E-state index contributed by atoms with van der Waals surface area (Å²) in [6, 6.07) is 18.2. The molecule has 1 aliphatic heterocycles. The zero-order valence-corrected chi connectivity index (χ0v) is 21.7. The van der Waals surface area contributed by atoms with Crippen LogP contribution in [0.4, 0.5) is 5.69 Å². The van der Waals surface area contributed by atoms with Gasteiger partial charge in [-0.2, -0.15) is 0 Å². The number of furan rings is 1. The van der Waals surface area contributed by atoms with Crippen molar-refractivity contribution < 1.29 is 9.21 Å². The topological polar surface area (TPSA) is 76.6 Å². The summed E-state index contributed by atoms with van der Waals surface area (Å²) in [4.78, 5) is 32.4. The van der Waals surface area contributed by atoms with E-state index in [9.17, 15) is 9.59 Å². The van der Waals surface area contributed by atoms with Crippen molar-refractivity contribution in [3.05, 3.63) is 119 Å². The van der Waals surface area contributed by atoms with Crippen molar-refractivity contribution in [3.8, 4) is 0 Å². The zero-order chi connectivity index (χ0) is 24.7. The summed E-state index contributed by atoms with van der Waals surface area (Å²) in [5, 5.41) is 3.00. The van der Waals surface area contributed by atoms with Crippen molar-refractivity contribution in [2.75, 3.05) is 5.32 Å². The molecule has 0 radical (unpaired) electrons. The van der Waals surface area contributed by atoms with Gasteiger partial charge < -0.3 is 9.73 Å². The number of allylic oxidation sites excluding steroid dienone is 1. The first kappa shape index (κ1) is 23.3. The third-order valence-corrected chi connectivity index (χ3v) is 7.37. The average Bonchev–Trinajstić information content (AvgIpc) is 3.39. The number of benzene rings is 2. The highest BCUT2D eigenvalue weighted by Gasteiger charge is 2.34. The fraction of sp³-hybridized carbons (Fsp3) is 0.148. The lowest BCUT2D eigenvalue weighted by Gasteiger charge is -2.23. The Balaban J connectivity index is 1.66. The maximum Gasteiger partial charge on any atom is 0.271 e. The van der Waals surface area contributed by atoms with Gasteiger partial charge in [-0.25, -0.2) is 4.99 Å². The van der Waals surface area contributed by atoms with Crippen LogP contribution in [0, 0.1) is 13.8 Å². The van der Waals surface area contributed by atoms with Gasteiger partial charge in [-0.3, -0.25) is 14.2 Å². The second-order valence-electron chi connectivity index (χ2n) is 8.35. The number of rotatable bonds is 4. The standard InChI is InChI=1S/C27H22BrN3O3S/c1-15-6-4-5-7-20(15)30-25(32)23-17(3)29-27-31(24(23)21-13-8-16(2)34-21)26(33)22(35-27)14-18-9-11-19(28)12-10-18/h4-14,24H,1-3H3,(H,30,32). The number of hydrogen-bond donors (Lipinski definition) is 1. The van der Waals surface area contributed by atoms with E-state index in [0.29, 0.717) is 37.8 Å². The molecule has 5 rings (SSSR count). The number of carbonyl (C=O) groups excluding carboxylic acids is 1. The van der Waals surface area contributed by atoms with Crippen molar-refractivity contribution in [2.24, 2.45) is 4.99 Å². The molecule has 1 amide bonds. The second kappa shape index (κ2) is 9.28. The van der Waals surface area contributed by atoms with Crippen LogP contribution >= 0.6 is 27.3 Å². The Kier molecular flexibility index (Phi) is 6.17. The lowest BCUT2D eigenvalue weighted by Crippen LogP contribution is -2.40. The number of nitrogens with one attached hydrogen (secondary N) is 1. The molecule has 35 heavy (non-hydrogen) atoms. The van der Waals surface area contributed by atoms with Crippen LogP contribution in [0.5, 0.6) is 0 Å². The van der Waals surface area contributed by atoms with E-state index < -0.39 is 6.04 Å². The summed E-state index contributed by atoms with van der Waals surface area (Å²) in [5.74, 6) is 0.898. The quantitative estimate of drug-likeness (QED) is 0.397. The number of nitrogens with zero attached hydrogens (tertiary/aromatic N) is 2. The first-order chi connectivity index (χ1) is 16.8. The molecule has 6 nitrogen and oxygen atoms in total. The molecule has 3 heterocycles. The van der Waals surface area contributed by atoms with Gasteiger partial charge in [0.05, 0.1) is 15.8 Å². The number of thiazole rings is 1.